The van der Waals surface area contributed by atoms with Crippen molar-refractivity contribution in [2.24, 2.45) is 0 Å². The first-order valence-corrected chi connectivity index (χ1v) is 7.97. The average molecular weight is 299 g/mol. The molecule has 1 aromatic carbocycles. The molecule has 1 atom stereocenters. The Morgan fingerprint density at radius 2 is 2.25 bits per heavy atom. The van der Waals surface area contributed by atoms with Crippen molar-refractivity contribution >= 4 is 11.6 Å². The van der Waals surface area contributed by atoms with Crippen molar-refractivity contribution in [3.63, 3.8) is 0 Å². The van der Waals surface area contributed by atoms with Gasteiger partial charge in [-0.2, -0.15) is 0 Å². The molecule has 0 saturated carbocycles. The van der Waals surface area contributed by atoms with Crippen LogP contribution in [0.5, 0.6) is 0 Å². The van der Waals surface area contributed by atoms with E-state index >= 15 is 0 Å². The van der Waals surface area contributed by atoms with E-state index in [0.29, 0.717) is 23.2 Å². The highest BCUT2D eigenvalue weighted by Gasteiger charge is 2.23. The third kappa shape index (κ3) is 4.18. The van der Waals surface area contributed by atoms with Crippen LogP contribution < -0.4 is 5.32 Å². The van der Waals surface area contributed by atoms with Crippen LogP contribution in [0.25, 0.3) is 0 Å². The molecule has 1 aromatic rings. The standard InChI is InChI=1S/C16H24ClFN2/c1-2-9-19-11-13-6-3-4-10-20(13)12-14-15(17)7-5-8-16(14)18/h5,7-8,13,19H,2-4,6,9-12H2,1H3. The highest BCUT2D eigenvalue weighted by atomic mass is 35.5. The number of piperidine rings is 1. The van der Waals surface area contributed by atoms with Gasteiger partial charge in [0, 0.05) is 29.7 Å². The third-order valence-electron chi connectivity index (χ3n) is 3.98. The molecule has 0 radical (unpaired) electrons. The van der Waals surface area contributed by atoms with Crippen molar-refractivity contribution in [3.8, 4) is 0 Å². The van der Waals surface area contributed by atoms with E-state index in [1.807, 2.05) is 0 Å². The summed E-state index contributed by atoms with van der Waals surface area (Å²) in [7, 11) is 0. The molecule has 2 rings (SSSR count). The van der Waals surface area contributed by atoms with Gasteiger partial charge in [-0.25, -0.2) is 4.39 Å². The molecule has 1 aliphatic heterocycles. The van der Waals surface area contributed by atoms with Crippen molar-refractivity contribution in [1.29, 1.82) is 0 Å². The van der Waals surface area contributed by atoms with E-state index in [1.54, 1.807) is 12.1 Å². The van der Waals surface area contributed by atoms with E-state index in [-0.39, 0.29) is 5.82 Å². The Morgan fingerprint density at radius 3 is 3.00 bits per heavy atom. The van der Waals surface area contributed by atoms with Gasteiger partial charge in [0.2, 0.25) is 0 Å². The number of nitrogens with zero attached hydrogens (tertiary/aromatic N) is 1. The summed E-state index contributed by atoms with van der Waals surface area (Å²) >= 11 is 6.14. The summed E-state index contributed by atoms with van der Waals surface area (Å²) in [4.78, 5) is 2.37. The van der Waals surface area contributed by atoms with Crippen LogP contribution >= 0.6 is 11.6 Å². The highest BCUT2D eigenvalue weighted by Crippen LogP contribution is 2.25. The van der Waals surface area contributed by atoms with Crippen molar-refractivity contribution in [1.82, 2.24) is 10.2 Å². The third-order valence-corrected chi connectivity index (χ3v) is 4.33. The van der Waals surface area contributed by atoms with Gasteiger partial charge in [-0.1, -0.05) is 31.0 Å². The SMILES string of the molecule is CCCNCC1CCCCN1Cc1c(F)cccc1Cl. The summed E-state index contributed by atoms with van der Waals surface area (Å²) in [6.07, 6.45) is 4.78. The maximum atomic E-state index is 13.9. The summed E-state index contributed by atoms with van der Waals surface area (Å²) < 4.78 is 13.9. The van der Waals surface area contributed by atoms with Gasteiger partial charge in [-0.3, -0.25) is 4.90 Å². The molecule has 1 saturated heterocycles. The molecule has 2 nitrogen and oxygen atoms in total. The van der Waals surface area contributed by atoms with Crippen LogP contribution in [-0.2, 0) is 6.54 Å². The van der Waals surface area contributed by atoms with E-state index in [2.05, 4.69) is 17.1 Å². The Morgan fingerprint density at radius 1 is 1.40 bits per heavy atom. The number of nitrogens with one attached hydrogen (secondary N) is 1. The number of hydrogen-bond acceptors (Lipinski definition) is 2. The molecule has 0 bridgehead atoms. The van der Waals surface area contributed by atoms with E-state index in [1.165, 1.54) is 25.3 Å². The van der Waals surface area contributed by atoms with Gasteiger partial charge >= 0.3 is 0 Å². The molecule has 0 aliphatic carbocycles. The molecule has 4 heteroatoms. The quantitative estimate of drug-likeness (QED) is 0.803. The second-order valence-corrected chi connectivity index (χ2v) is 5.93. The van der Waals surface area contributed by atoms with E-state index in [4.69, 9.17) is 11.6 Å². The minimum Gasteiger partial charge on any atom is -0.315 e. The molecule has 0 spiro atoms. The number of halogens is 2. The molecule has 0 amide bonds. The Bertz CT molecular complexity index is 405. The molecular formula is C16H24ClFN2. The topological polar surface area (TPSA) is 15.3 Å². The lowest BCUT2D eigenvalue weighted by Gasteiger charge is -2.36. The molecule has 1 aliphatic rings. The summed E-state index contributed by atoms with van der Waals surface area (Å²) in [6, 6.07) is 5.42. The first-order valence-electron chi connectivity index (χ1n) is 7.60. The Kier molecular flexibility index (Phi) is 6.27. The number of benzene rings is 1. The van der Waals surface area contributed by atoms with Gasteiger partial charge in [-0.15, -0.1) is 0 Å². The van der Waals surface area contributed by atoms with Gasteiger partial charge < -0.3 is 5.32 Å². The largest absolute Gasteiger partial charge is 0.315 e. The predicted molar refractivity (Wildman–Crippen MR) is 82.6 cm³/mol. The van der Waals surface area contributed by atoms with Crippen LogP contribution in [0.15, 0.2) is 18.2 Å². The minimum absolute atomic E-state index is 0.191. The van der Waals surface area contributed by atoms with E-state index in [9.17, 15) is 4.39 Å². The zero-order chi connectivity index (χ0) is 14.4. The Labute approximate surface area is 126 Å². The fourth-order valence-electron chi connectivity index (χ4n) is 2.83. The summed E-state index contributed by atoms with van der Waals surface area (Å²) in [5.41, 5.74) is 0.636. The second-order valence-electron chi connectivity index (χ2n) is 5.52. The lowest BCUT2D eigenvalue weighted by atomic mass is 10.0. The van der Waals surface area contributed by atoms with Gasteiger partial charge in [0.25, 0.3) is 0 Å². The predicted octanol–water partition coefficient (Wildman–Crippen LogP) is 3.83. The number of hydrogen-bond donors (Lipinski definition) is 1. The highest BCUT2D eigenvalue weighted by molar-refractivity contribution is 6.31. The Hall–Kier alpha value is -0.640. The second kappa shape index (κ2) is 7.96. The molecule has 1 N–H and O–H groups in total. The summed E-state index contributed by atoms with van der Waals surface area (Å²) in [6.45, 7) is 5.85. The fraction of sp³-hybridized carbons (Fsp3) is 0.625. The molecule has 1 fully saturated rings. The van der Waals surface area contributed by atoms with Crippen molar-refractivity contribution in [3.05, 3.63) is 34.6 Å². The first-order chi connectivity index (χ1) is 9.72. The van der Waals surface area contributed by atoms with Crippen LogP contribution in [0.1, 0.15) is 38.2 Å². The molecular weight excluding hydrogens is 275 g/mol. The lowest BCUT2D eigenvalue weighted by molar-refractivity contribution is 0.136. The molecule has 0 aromatic heterocycles. The van der Waals surface area contributed by atoms with Crippen LogP contribution in [0.3, 0.4) is 0 Å². The van der Waals surface area contributed by atoms with Crippen LogP contribution in [-0.4, -0.2) is 30.6 Å². The van der Waals surface area contributed by atoms with Crippen LogP contribution in [0.4, 0.5) is 4.39 Å². The van der Waals surface area contributed by atoms with Crippen molar-refractivity contribution in [2.45, 2.75) is 45.2 Å². The molecule has 1 unspecified atom stereocenters. The molecule has 112 valence electrons. The van der Waals surface area contributed by atoms with Gasteiger partial charge in [-0.05, 0) is 44.5 Å². The van der Waals surface area contributed by atoms with E-state index < -0.39 is 0 Å². The van der Waals surface area contributed by atoms with Gasteiger partial charge in [0.15, 0.2) is 0 Å². The minimum atomic E-state index is -0.191. The number of rotatable bonds is 6. The average Bonchev–Trinajstić information content (AvgIpc) is 2.45. The lowest BCUT2D eigenvalue weighted by Crippen LogP contribution is -2.45. The normalized spacial score (nSPS) is 20.2. The van der Waals surface area contributed by atoms with Crippen LogP contribution in [0, 0.1) is 5.82 Å². The Balaban J connectivity index is 2.01. The maximum absolute atomic E-state index is 13.9. The van der Waals surface area contributed by atoms with E-state index in [0.717, 1.165) is 26.1 Å². The smallest absolute Gasteiger partial charge is 0.129 e. The zero-order valence-electron chi connectivity index (χ0n) is 12.2. The maximum Gasteiger partial charge on any atom is 0.129 e. The van der Waals surface area contributed by atoms with Crippen LogP contribution in [0.2, 0.25) is 5.02 Å². The molecule has 1 heterocycles. The summed E-state index contributed by atoms with van der Waals surface area (Å²) in [5.74, 6) is -0.191. The molecule has 20 heavy (non-hydrogen) atoms. The van der Waals surface area contributed by atoms with Gasteiger partial charge in [0.05, 0.1) is 0 Å². The first kappa shape index (κ1) is 15.7. The summed E-state index contributed by atoms with van der Waals surface area (Å²) in [5, 5.41) is 4.02. The van der Waals surface area contributed by atoms with Gasteiger partial charge in [0.1, 0.15) is 5.82 Å². The van der Waals surface area contributed by atoms with Crippen molar-refractivity contribution < 1.29 is 4.39 Å². The monoisotopic (exact) mass is 298 g/mol. The zero-order valence-corrected chi connectivity index (χ0v) is 12.9. The number of likely N-dealkylation sites (tertiary alicyclic amines) is 1. The fourth-order valence-corrected chi connectivity index (χ4v) is 3.05. The van der Waals surface area contributed by atoms with Crippen molar-refractivity contribution in [2.75, 3.05) is 19.6 Å².